The molecule has 0 spiro atoms. The number of benzene rings is 1. The quantitative estimate of drug-likeness (QED) is 0.714. The highest BCUT2D eigenvalue weighted by Crippen LogP contribution is 2.20. The number of hydrogen-bond donors (Lipinski definition) is 0. The summed E-state index contributed by atoms with van der Waals surface area (Å²) in [6.45, 7) is 6.79. The van der Waals surface area contributed by atoms with Gasteiger partial charge in [0.1, 0.15) is 5.82 Å². The highest BCUT2D eigenvalue weighted by atomic mass is 19.1. The molecule has 6 nitrogen and oxygen atoms in total. The fraction of sp³-hybridized carbons (Fsp3) is 0.350. The van der Waals surface area contributed by atoms with Crippen LogP contribution in [0.4, 0.5) is 10.1 Å². The summed E-state index contributed by atoms with van der Waals surface area (Å²) in [5.74, 6) is -0.253. The Balaban J connectivity index is 1.46. The van der Waals surface area contributed by atoms with Gasteiger partial charge in [-0.1, -0.05) is 0 Å². The van der Waals surface area contributed by atoms with Gasteiger partial charge in [0.05, 0.1) is 11.8 Å². The van der Waals surface area contributed by atoms with Crippen LogP contribution in [0.1, 0.15) is 30.2 Å². The number of nitrogens with zero attached hydrogens (tertiary/aromatic N) is 5. The van der Waals surface area contributed by atoms with Gasteiger partial charge in [-0.2, -0.15) is 5.10 Å². The molecule has 1 saturated heterocycles. The molecule has 7 heteroatoms. The second-order valence-corrected chi connectivity index (χ2v) is 7.08. The summed E-state index contributed by atoms with van der Waals surface area (Å²) in [6, 6.07) is 8.56. The third kappa shape index (κ3) is 3.37. The first-order chi connectivity index (χ1) is 13.0. The van der Waals surface area contributed by atoms with Crippen LogP contribution in [0.15, 0.2) is 42.7 Å². The number of fused-ring (bicyclic) bond motifs is 1. The number of piperazine rings is 1. The largest absolute Gasteiger partial charge is 0.368 e. The van der Waals surface area contributed by atoms with Gasteiger partial charge in [0.15, 0.2) is 5.65 Å². The van der Waals surface area contributed by atoms with E-state index in [4.69, 9.17) is 0 Å². The molecule has 1 aliphatic rings. The Morgan fingerprint density at radius 2 is 1.78 bits per heavy atom. The molecule has 140 valence electrons. The lowest BCUT2D eigenvalue weighted by molar-refractivity contribution is 0.0746. The maximum Gasteiger partial charge on any atom is 0.255 e. The minimum atomic E-state index is -0.240. The Morgan fingerprint density at radius 1 is 1.07 bits per heavy atom. The van der Waals surface area contributed by atoms with Crippen molar-refractivity contribution in [3.05, 3.63) is 54.1 Å². The van der Waals surface area contributed by atoms with Crippen molar-refractivity contribution in [1.29, 1.82) is 0 Å². The average Bonchev–Trinajstić information content (AvgIpc) is 3.12. The van der Waals surface area contributed by atoms with Gasteiger partial charge < -0.3 is 9.80 Å². The number of pyridine rings is 1. The molecule has 0 atom stereocenters. The fourth-order valence-corrected chi connectivity index (χ4v) is 3.44. The summed E-state index contributed by atoms with van der Waals surface area (Å²) < 4.78 is 14.9. The van der Waals surface area contributed by atoms with E-state index in [1.54, 1.807) is 24.5 Å². The predicted molar refractivity (Wildman–Crippen MR) is 102 cm³/mol. The maximum absolute atomic E-state index is 13.1. The van der Waals surface area contributed by atoms with Gasteiger partial charge in [0.2, 0.25) is 0 Å². The number of carbonyl (C=O) groups excluding carboxylic acids is 1. The molecule has 1 aromatic carbocycles. The Hall–Kier alpha value is -2.96. The van der Waals surface area contributed by atoms with E-state index < -0.39 is 0 Å². The van der Waals surface area contributed by atoms with E-state index >= 15 is 0 Å². The van der Waals surface area contributed by atoms with Gasteiger partial charge in [0.25, 0.3) is 5.91 Å². The van der Waals surface area contributed by atoms with Crippen LogP contribution in [-0.4, -0.2) is 51.8 Å². The number of halogens is 1. The molecule has 4 rings (SSSR count). The first-order valence-corrected chi connectivity index (χ1v) is 9.16. The van der Waals surface area contributed by atoms with Gasteiger partial charge in [-0.05, 0) is 44.2 Å². The zero-order valence-electron chi connectivity index (χ0n) is 15.5. The first-order valence-electron chi connectivity index (χ1n) is 9.16. The smallest absolute Gasteiger partial charge is 0.255 e. The molecular formula is C20H22FN5O. The molecule has 3 heterocycles. The lowest BCUT2D eigenvalue weighted by atomic mass is 10.2. The molecule has 0 radical (unpaired) electrons. The van der Waals surface area contributed by atoms with Gasteiger partial charge in [-0.3, -0.25) is 4.79 Å². The normalized spacial score (nSPS) is 15.0. The SMILES string of the molecule is CC(C)n1ncc2cc(C(=O)N3CCN(c4ccc(F)cc4)CC3)cnc21. The summed E-state index contributed by atoms with van der Waals surface area (Å²) in [6.07, 6.45) is 3.39. The zero-order chi connectivity index (χ0) is 19.0. The number of carbonyl (C=O) groups is 1. The van der Waals surface area contributed by atoms with E-state index in [0.29, 0.717) is 18.7 Å². The molecule has 0 N–H and O–H groups in total. The van der Waals surface area contributed by atoms with Crippen molar-refractivity contribution in [2.75, 3.05) is 31.1 Å². The first kappa shape index (κ1) is 17.5. The summed E-state index contributed by atoms with van der Waals surface area (Å²) in [5.41, 5.74) is 2.36. The Kier molecular flexibility index (Phi) is 4.51. The van der Waals surface area contributed by atoms with E-state index in [2.05, 4.69) is 15.0 Å². The van der Waals surface area contributed by atoms with Crippen LogP contribution in [-0.2, 0) is 0 Å². The topological polar surface area (TPSA) is 54.3 Å². The van der Waals surface area contributed by atoms with Gasteiger partial charge in [0, 0.05) is 49.5 Å². The van der Waals surface area contributed by atoms with Gasteiger partial charge >= 0.3 is 0 Å². The van der Waals surface area contributed by atoms with Crippen LogP contribution in [0.5, 0.6) is 0 Å². The van der Waals surface area contributed by atoms with Crippen molar-refractivity contribution in [3.8, 4) is 0 Å². The second-order valence-electron chi connectivity index (χ2n) is 7.08. The van der Waals surface area contributed by atoms with E-state index in [-0.39, 0.29) is 17.8 Å². The fourth-order valence-electron chi connectivity index (χ4n) is 3.44. The monoisotopic (exact) mass is 367 g/mol. The molecule has 0 aliphatic carbocycles. The third-order valence-corrected chi connectivity index (χ3v) is 4.93. The lowest BCUT2D eigenvalue weighted by Crippen LogP contribution is -2.48. The van der Waals surface area contributed by atoms with Crippen molar-refractivity contribution < 1.29 is 9.18 Å². The molecule has 1 amide bonds. The van der Waals surface area contributed by atoms with E-state index in [9.17, 15) is 9.18 Å². The number of rotatable bonds is 3. The minimum absolute atomic E-state index is 0.0135. The molecule has 3 aromatic rings. The maximum atomic E-state index is 13.1. The summed E-state index contributed by atoms with van der Waals surface area (Å²) in [5, 5.41) is 5.23. The molecule has 0 saturated carbocycles. The lowest BCUT2D eigenvalue weighted by Gasteiger charge is -2.36. The average molecular weight is 367 g/mol. The number of anilines is 1. The minimum Gasteiger partial charge on any atom is -0.368 e. The Labute approximate surface area is 157 Å². The molecule has 1 fully saturated rings. The molecule has 0 unspecified atom stereocenters. The Bertz CT molecular complexity index is 958. The molecule has 0 bridgehead atoms. The predicted octanol–water partition coefficient (Wildman–Crippen LogP) is 3.11. The molecule has 1 aliphatic heterocycles. The van der Waals surface area contributed by atoms with Crippen LogP contribution in [0, 0.1) is 5.82 Å². The third-order valence-electron chi connectivity index (χ3n) is 4.93. The van der Waals surface area contributed by atoms with Crippen molar-refractivity contribution in [2.24, 2.45) is 0 Å². The van der Waals surface area contributed by atoms with Crippen molar-refractivity contribution in [3.63, 3.8) is 0 Å². The van der Waals surface area contributed by atoms with Gasteiger partial charge in [-0.25, -0.2) is 14.1 Å². The van der Waals surface area contributed by atoms with Crippen LogP contribution in [0.25, 0.3) is 11.0 Å². The molecular weight excluding hydrogens is 345 g/mol. The highest BCUT2D eigenvalue weighted by molar-refractivity contribution is 5.97. The van der Waals surface area contributed by atoms with E-state index in [1.165, 1.54) is 12.1 Å². The van der Waals surface area contributed by atoms with E-state index in [1.807, 2.05) is 29.5 Å². The van der Waals surface area contributed by atoms with Crippen molar-refractivity contribution in [1.82, 2.24) is 19.7 Å². The Morgan fingerprint density at radius 3 is 2.44 bits per heavy atom. The highest BCUT2D eigenvalue weighted by Gasteiger charge is 2.23. The summed E-state index contributed by atoms with van der Waals surface area (Å²) in [4.78, 5) is 21.3. The van der Waals surface area contributed by atoms with Crippen molar-refractivity contribution >= 4 is 22.6 Å². The van der Waals surface area contributed by atoms with Crippen LogP contribution >= 0.6 is 0 Å². The standard InChI is InChI=1S/C20H22FN5O/c1-14(2)26-19-15(13-23-26)11-16(12-22-19)20(27)25-9-7-24(8-10-25)18-5-3-17(21)4-6-18/h3-6,11-14H,7-10H2,1-2H3. The van der Waals surface area contributed by atoms with Crippen LogP contribution in [0.3, 0.4) is 0 Å². The number of hydrogen-bond acceptors (Lipinski definition) is 4. The molecule has 2 aromatic heterocycles. The molecule has 27 heavy (non-hydrogen) atoms. The number of aromatic nitrogens is 3. The second kappa shape index (κ2) is 6.98. The zero-order valence-corrected chi connectivity index (χ0v) is 15.5. The summed E-state index contributed by atoms with van der Waals surface area (Å²) >= 11 is 0. The van der Waals surface area contributed by atoms with E-state index in [0.717, 1.165) is 29.8 Å². The van der Waals surface area contributed by atoms with Crippen LogP contribution < -0.4 is 4.90 Å². The van der Waals surface area contributed by atoms with Crippen LogP contribution in [0.2, 0.25) is 0 Å². The van der Waals surface area contributed by atoms with Gasteiger partial charge in [-0.15, -0.1) is 0 Å². The van der Waals surface area contributed by atoms with Crippen molar-refractivity contribution in [2.45, 2.75) is 19.9 Å². The summed E-state index contributed by atoms with van der Waals surface area (Å²) in [7, 11) is 0. The number of amides is 1.